The van der Waals surface area contributed by atoms with Crippen LogP contribution in [0.1, 0.15) is 31.7 Å². The Balaban J connectivity index is 1.35. The molecule has 0 spiro atoms. The van der Waals surface area contributed by atoms with E-state index in [1.807, 2.05) is 13.0 Å². The van der Waals surface area contributed by atoms with Crippen LogP contribution in [0.25, 0.3) is 32.1 Å². The normalized spacial score (nSPS) is 24.0. The van der Waals surface area contributed by atoms with Crippen molar-refractivity contribution in [1.29, 1.82) is 5.26 Å². The van der Waals surface area contributed by atoms with Crippen molar-refractivity contribution in [2.75, 3.05) is 56.6 Å². The van der Waals surface area contributed by atoms with Crippen LogP contribution in [0.3, 0.4) is 0 Å². The minimum atomic E-state index is -0.971. The number of likely N-dealkylation sites (N-methyl/N-ethyl adjacent to an activating group) is 1. The minimum absolute atomic E-state index is 0.000244. The second kappa shape index (κ2) is 11.0. The summed E-state index contributed by atoms with van der Waals surface area (Å²) in [4.78, 5) is 28.4. The summed E-state index contributed by atoms with van der Waals surface area (Å²) in [6, 6.07) is 3.60. The van der Waals surface area contributed by atoms with Gasteiger partial charge in [-0.05, 0) is 37.9 Å². The van der Waals surface area contributed by atoms with Gasteiger partial charge in [0.2, 0.25) is 5.91 Å². The van der Waals surface area contributed by atoms with Crippen LogP contribution in [-0.2, 0) is 4.79 Å². The number of amides is 1. The number of hydrogen-bond donors (Lipinski definition) is 1. The largest absolute Gasteiger partial charge is 0.488 e. The zero-order valence-corrected chi connectivity index (χ0v) is 26.9. The van der Waals surface area contributed by atoms with Gasteiger partial charge in [0.15, 0.2) is 11.6 Å². The van der Waals surface area contributed by atoms with Gasteiger partial charge in [-0.3, -0.25) is 9.69 Å². The van der Waals surface area contributed by atoms with Crippen LogP contribution in [-0.4, -0.2) is 89.4 Å². The Labute approximate surface area is 276 Å². The standard InChI is InChI=1S/C32H29ClF3N7O3S/c1-2-41-8-9-43-19(30(41)44)13-45-26-22-25(39-31(40-29(22)43)46-14-32-6-3-7-42(32)12-15(34)10-32)24(36)21(23(26)33)16-4-5-18(35)27-20(16)17(11-37)28(38)47-27/h4-5,15,19H,2-3,6-10,12-14,38H2,1H3/t15-,19?,32+/m1/s1. The van der Waals surface area contributed by atoms with Crippen molar-refractivity contribution in [3.63, 3.8) is 0 Å². The molecule has 4 aliphatic rings. The second-order valence-corrected chi connectivity index (χ2v) is 13.9. The number of halogens is 4. The molecule has 4 aliphatic heterocycles. The molecule has 2 aromatic carbocycles. The Morgan fingerprint density at radius 2 is 2.09 bits per heavy atom. The smallest absolute Gasteiger partial charge is 0.319 e. The molecule has 10 nitrogen and oxygen atoms in total. The van der Waals surface area contributed by atoms with Crippen LogP contribution in [0, 0.1) is 23.0 Å². The van der Waals surface area contributed by atoms with Crippen LogP contribution in [0.15, 0.2) is 12.1 Å². The summed E-state index contributed by atoms with van der Waals surface area (Å²) in [7, 11) is 0. The topological polar surface area (TPSA) is 121 Å². The first-order chi connectivity index (χ1) is 22.7. The molecule has 0 saturated carbocycles. The first-order valence-corrected chi connectivity index (χ1v) is 16.7. The lowest BCUT2D eigenvalue weighted by Crippen LogP contribution is -2.59. The van der Waals surface area contributed by atoms with Crippen molar-refractivity contribution in [2.24, 2.45) is 0 Å². The SMILES string of the molecule is CCN1CCN2c3nc(OC[C@@]45CCCN4C[C@H](F)C5)nc4c(F)c(-c5ccc(F)c6sc(N)c(C#N)c56)c(Cl)c(c34)OCC2C1=O. The van der Waals surface area contributed by atoms with Gasteiger partial charge in [-0.15, -0.1) is 11.3 Å². The van der Waals surface area contributed by atoms with Crippen molar-refractivity contribution in [3.05, 3.63) is 34.4 Å². The second-order valence-electron chi connectivity index (χ2n) is 12.4. The van der Waals surface area contributed by atoms with E-state index in [9.17, 15) is 18.8 Å². The lowest BCUT2D eigenvalue weighted by atomic mass is 9.95. The maximum Gasteiger partial charge on any atom is 0.319 e. The Morgan fingerprint density at radius 3 is 2.87 bits per heavy atom. The van der Waals surface area contributed by atoms with E-state index in [4.69, 9.17) is 31.8 Å². The highest BCUT2D eigenvalue weighted by atomic mass is 35.5. The predicted molar refractivity (Wildman–Crippen MR) is 172 cm³/mol. The summed E-state index contributed by atoms with van der Waals surface area (Å²) < 4.78 is 59.1. The molecule has 6 heterocycles. The van der Waals surface area contributed by atoms with Gasteiger partial charge in [0.05, 0.1) is 26.2 Å². The first kappa shape index (κ1) is 30.3. The molecule has 244 valence electrons. The average Bonchev–Trinajstić information content (AvgIpc) is 3.66. The number of nitriles is 1. The van der Waals surface area contributed by atoms with Crippen molar-refractivity contribution in [3.8, 4) is 29.0 Å². The van der Waals surface area contributed by atoms with Gasteiger partial charge in [0.1, 0.15) is 53.6 Å². The van der Waals surface area contributed by atoms with Gasteiger partial charge in [-0.2, -0.15) is 15.2 Å². The van der Waals surface area contributed by atoms with Gasteiger partial charge >= 0.3 is 6.01 Å². The van der Waals surface area contributed by atoms with Crippen LogP contribution in [0.5, 0.6) is 11.8 Å². The zero-order chi connectivity index (χ0) is 32.8. The first-order valence-electron chi connectivity index (χ1n) is 15.5. The molecule has 0 radical (unpaired) electrons. The number of nitrogens with zero attached hydrogens (tertiary/aromatic N) is 6. The van der Waals surface area contributed by atoms with E-state index >= 15 is 4.39 Å². The van der Waals surface area contributed by atoms with Gasteiger partial charge in [-0.25, -0.2) is 13.2 Å². The molecule has 47 heavy (non-hydrogen) atoms. The number of alkyl halides is 1. The molecule has 8 rings (SSSR count). The maximum atomic E-state index is 17.1. The number of ether oxygens (including phenoxy) is 2. The third-order valence-corrected chi connectivity index (χ3v) is 11.4. The van der Waals surface area contributed by atoms with E-state index in [2.05, 4.69) is 9.88 Å². The number of nitrogen functional groups attached to an aromatic ring is 1. The van der Waals surface area contributed by atoms with Crippen molar-refractivity contribution >= 4 is 60.7 Å². The summed E-state index contributed by atoms with van der Waals surface area (Å²) in [6.45, 7) is 4.29. The summed E-state index contributed by atoms with van der Waals surface area (Å²) in [5, 5.41) is 10.1. The highest BCUT2D eigenvalue weighted by molar-refractivity contribution is 7.23. The van der Waals surface area contributed by atoms with Gasteiger partial charge < -0.3 is 25.0 Å². The Hall–Kier alpha value is -4.06. The summed E-state index contributed by atoms with van der Waals surface area (Å²) >= 11 is 7.87. The van der Waals surface area contributed by atoms with E-state index in [1.165, 1.54) is 6.07 Å². The zero-order valence-electron chi connectivity index (χ0n) is 25.3. The van der Waals surface area contributed by atoms with E-state index in [-0.39, 0.29) is 84.4 Å². The molecule has 1 unspecified atom stereocenters. The molecule has 3 atom stereocenters. The Kier molecular flexibility index (Phi) is 7.09. The van der Waals surface area contributed by atoms with Crippen LogP contribution in [0.4, 0.5) is 24.0 Å². The van der Waals surface area contributed by atoms with Crippen LogP contribution >= 0.6 is 22.9 Å². The average molecular weight is 684 g/mol. The fourth-order valence-corrected chi connectivity index (χ4v) is 9.05. The Morgan fingerprint density at radius 1 is 1.26 bits per heavy atom. The van der Waals surface area contributed by atoms with Crippen molar-refractivity contribution < 1.29 is 27.4 Å². The van der Waals surface area contributed by atoms with Crippen molar-refractivity contribution in [2.45, 2.75) is 43.9 Å². The molecular weight excluding hydrogens is 655 g/mol. The van der Waals surface area contributed by atoms with E-state index in [0.29, 0.717) is 32.6 Å². The van der Waals surface area contributed by atoms with Gasteiger partial charge in [0, 0.05) is 43.5 Å². The number of carbonyl (C=O) groups is 1. The van der Waals surface area contributed by atoms with Crippen LogP contribution in [0.2, 0.25) is 5.02 Å². The summed E-state index contributed by atoms with van der Waals surface area (Å²) in [6.07, 6.45) is 1.01. The monoisotopic (exact) mass is 683 g/mol. The highest BCUT2D eigenvalue weighted by Gasteiger charge is 2.49. The molecular formula is C32H29ClF3N7O3S. The molecule has 1 amide bonds. The van der Waals surface area contributed by atoms with E-state index in [0.717, 1.165) is 36.8 Å². The van der Waals surface area contributed by atoms with Crippen molar-refractivity contribution in [1.82, 2.24) is 19.8 Å². The lowest BCUT2D eigenvalue weighted by molar-refractivity contribution is -0.134. The van der Waals surface area contributed by atoms with Gasteiger partial charge in [-0.1, -0.05) is 17.7 Å². The predicted octanol–water partition coefficient (Wildman–Crippen LogP) is 5.28. The summed E-state index contributed by atoms with van der Waals surface area (Å²) in [5.41, 5.74) is 5.35. The third-order valence-electron chi connectivity index (χ3n) is 10.00. The number of aromatic nitrogens is 2. The number of carbonyl (C=O) groups excluding carboxylic acids is 1. The molecule has 4 aromatic rings. The summed E-state index contributed by atoms with van der Waals surface area (Å²) in [5.74, 6) is -1.37. The lowest BCUT2D eigenvalue weighted by Gasteiger charge is -2.39. The quantitative estimate of drug-likeness (QED) is 0.300. The molecule has 2 aromatic heterocycles. The molecule has 0 bridgehead atoms. The maximum absolute atomic E-state index is 17.1. The Bertz CT molecular complexity index is 2040. The molecule has 0 aliphatic carbocycles. The number of nitrogens with two attached hydrogens (primary N) is 1. The molecule has 3 fully saturated rings. The fourth-order valence-electron chi connectivity index (χ4n) is 7.77. The molecule has 3 saturated heterocycles. The number of rotatable bonds is 5. The number of benzene rings is 2. The van der Waals surface area contributed by atoms with Gasteiger partial charge in [0.25, 0.3) is 0 Å². The highest BCUT2D eigenvalue weighted by Crippen LogP contribution is 2.51. The molecule has 15 heteroatoms. The molecule has 2 N–H and O–H groups in total. The van der Waals surface area contributed by atoms with E-state index in [1.54, 1.807) is 9.80 Å². The minimum Gasteiger partial charge on any atom is -0.488 e. The number of thiophene rings is 1. The number of piperazine rings is 1. The number of hydrogen-bond acceptors (Lipinski definition) is 10. The fraction of sp³-hybridized carbons (Fsp3) is 0.438. The van der Waals surface area contributed by atoms with Crippen LogP contribution < -0.4 is 20.1 Å². The number of anilines is 2. The van der Waals surface area contributed by atoms with E-state index < -0.39 is 29.4 Å². The third kappa shape index (κ3) is 4.43. The number of fused-ring (bicyclic) bond motifs is 4.